The van der Waals surface area contributed by atoms with Crippen LogP contribution in [0.4, 0.5) is 5.69 Å². The van der Waals surface area contributed by atoms with Gasteiger partial charge in [-0.25, -0.2) is 8.42 Å². The third kappa shape index (κ3) is 4.83. The van der Waals surface area contributed by atoms with Crippen molar-refractivity contribution < 1.29 is 27.6 Å². The maximum absolute atomic E-state index is 13.0. The lowest BCUT2D eigenvalue weighted by Gasteiger charge is -2.35. The molecule has 3 rings (SSSR count). The zero-order valence-electron chi connectivity index (χ0n) is 16.2. The van der Waals surface area contributed by atoms with E-state index in [4.69, 9.17) is 9.47 Å². The molecule has 2 fully saturated rings. The van der Waals surface area contributed by atoms with E-state index in [9.17, 15) is 23.3 Å². The number of methoxy groups -OCH3 is 1. The van der Waals surface area contributed by atoms with Crippen molar-refractivity contribution in [3.05, 3.63) is 28.3 Å². The second-order valence-electron chi connectivity index (χ2n) is 6.77. The molecule has 160 valence electrons. The van der Waals surface area contributed by atoms with Gasteiger partial charge in [0.1, 0.15) is 10.6 Å². The zero-order valence-corrected chi connectivity index (χ0v) is 17.0. The molecule has 2 aliphatic heterocycles. The molecule has 0 radical (unpaired) electrons. The van der Waals surface area contributed by atoms with Crippen LogP contribution in [0.2, 0.25) is 0 Å². The number of hydrogen-bond acceptors (Lipinski definition) is 8. The molecule has 11 nitrogen and oxygen atoms in total. The highest BCUT2D eigenvalue weighted by Gasteiger charge is 2.33. The molecule has 0 bridgehead atoms. The van der Waals surface area contributed by atoms with Crippen LogP contribution < -0.4 is 4.74 Å². The van der Waals surface area contributed by atoms with Gasteiger partial charge in [-0.2, -0.15) is 4.31 Å². The number of carbonyl (C=O) groups excluding carboxylic acids is 1. The van der Waals surface area contributed by atoms with Crippen LogP contribution in [0, 0.1) is 10.1 Å². The molecular formula is C17H24N4O7S. The molecule has 0 aliphatic carbocycles. The standard InChI is InChI=1S/C17H24N4O7S/c1-27-15-3-2-14(21(23)24)12-16(15)29(25,26)20-6-4-19(5-7-20)17(22)13-18-8-10-28-11-9-18/h2-3,12H,4-11,13H2,1H3. The molecule has 2 heterocycles. The van der Waals surface area contributed by atoms with Crippen molar-refractivity contribution in [1.82, 2.24) is 14.1 Å². The molecule has 1 aromatic carbocycles. The van der Waals surface area contributed by atoms with Crippen LogP contribution in [0.5, 0.6) is 5.75 Å². The minimum Gasteiger partial charge on any atom is -0.495 e. The normalized spacial score (nSPS) is 19.1. The molecule has 12 heteroatoms. The summed E-state index contributed by atoms with van der Waals surface area (Å²) in [5.74, 6) is -0.00157. The second-order valence-corrected chi connectivity index (χ2v) is 8.67. The topological polar surface area (TPSA) is 123 Å². The lowest BCUT2D eigenvalue weighted by molar-refractivity contribution is -0.385. The summed E-state index contributed by atoms with van der Waals surface area (Å²) in [6.45, 7) is 3.65. The third-order valence-electron chi connectivity index (χ3n) is 5.03. The number of nitro groups is 1. The fourth-order valence-corrected chi connectivity index (χ4v) is 4.95. The number of non-ortho nitro benzene ring substituents is 1. The zero-order chi connectivity index (χ0) is 21.0. The Labute approximate surface area is 169 Å². The smallest absolute Gasteiger partial charge is 0.271 e. The van der Waals surface area contributed by atoms with E-state index in [1.165, 1.54) is 23.5 Å². The summed E-state index contributed by atoms with van der Waals surface area (Å²) in [5.41, 5.74) is -0.330. The number of sulfonamides is 1. The summed E-state index contributed by atoms with van der Waals surface area (Å²) in [5, 5.41) is 11.0. The highest BCUT2D eigenvalue weighted by Crippen LogP contribution is 2.31. The Balaban J connectivity index is 1.67. The molecule has 2 saturated heterocycles. The first-order chi connectivity index (χ1) is 13.8. The number of ether oxygens (including phenoxy) is 2. The lowest BCUT2D eigenvalue weighted by atomic mass is 10.3. The average molecular weight is 428 g/mol. The minimum absolute atomic E-state index is 0.0430. The number of piperazine rings is 1. The summed E-state index contributed by atoms with van der Waals surface area (Å²) in [6, 6.07) is 3.47. The largest absolute Gasteiger partial charge is 0.495 e. The van der Waals surface area contributed by atoms with E-state index in [1.807, 2.05) is 4.90 Å². The van der Waals surface area contributed by atoms with Gasteiger partial charge in [0.15, 0.2) is 0 Å². The van der Waals surface area contributed by atoms with Crippen LogP contribution in [0.15, 0.2) is 23.1 Å². The highest BCUT2D eigenvalue weighted by atomic mass is 32.2. The van der Waals surface area contributed by atoms with Crippen molar-refractivity contribution in [2.45, 2.75) is 4.90 Å². The van der Waals surface area contributed by atoms with E-state index in [2.05, 4.69) is 0 Å². The number of morpholine rings is 1. The lowest BCUT2D eigenvalue weighted by Crippen LogP contribution is -2.53. The maximum Gasteiger partial charge on any atom is 0.271 e. The van der Waals surface area contributed by atoms with Gasteiger partial charge in [-0.1, -0.05) is 0 Å². The van der Waals surface area contributed by atoms with Crippen LogP contribution in [0.3, 0.4) is 0 Å². The third-order valence-corrected chi connectivity index (χ3v) is 6.95. The Morgan fingerprint density at radius 2 is 1.83 bits per heavy atom. The predicted octanol–water partition coefficient (Wildman–Crippen LogP) is -0.231. The molecule has 0 N–H and O–H groups in total. The van der Waals surface area contributed by atoms with E-state index < -0.39 is 14.9 Å². The fourth-order valence-electron chi connectivity index (χ4n) is 3.35. The van der Waals surface area contributed by atoms with Gasteiger partial charge < -0.3 is 14.4 Å². The van der Waals surface area contributed by atoms with Crippen LogP contribution in [-0.2, 0) is 19.6 Å². The van der Waals surface area contributed by atoms with Gasteiger partial charge >= 0.3 is 0 Å². The fraction of sp³-hybridized carbons (Fsp3) is 0.588. The number of benzene rings is 1. The van der Waals surface area contributed by atoms with Gasteiger partial charge in [-0.15, -0.1) is 0 Å². The molecule has 1 amide bonds. The Bertz CT molecular complexity index is 863. The SMILES string of the molecule is COc1ccc([N+](=O)[O-])cc1S(=O)(=O)N1CCN(C(=O)CN2CCOCC2)CC1. The monoisotopic (exact) mass is 428 g/mol. The van der Waals surface area contributed by atoms with Gasteiger partial charge in [0, 0.05) is 51.4 Å². The quantitative estimate of drug-likeness (QED) is 0.450. The second kappa shape index (κ2) is 9.03. The van der Waals surface area contributed by atoms with E-state index in [1.54, 1.807) is 4.90 Å². The van der Waals surface area contributed by atoms with Crippen molar-refractivity contribution >= 4 is 21.6 Å². The number of hydrogen-bond donors (Lipinski definition) is 0. The Morgan fingerprint density at radius 3 is 2.41 bits per heavy atom. The van der Waals surface area contributed by atoms with Gasteiger partial charge in [0.25, 0.3) is 5.69 Å². The van der Waals surface area contributed by atoms with E-state index in [0.29, 0.717) is 26.3 Å². The van der Waals surface area contributed by atoms with Crippen molar-refractivity contribution in [2.24, 2.45) is 0 Å². The first-order valence-corrected chi connectivity index (χ1v) is 10.7. The Kier molecular flexibility index (Phi) is 6.67. The molecule has 0 spiro atoms. The Hall–Kier alpha value is -2.28. The number of rotatable bonds is 6. The van der Waals surface area contributed by atoms with Crippen molar-refractivity contribution in [3.8, 4) is 5.75 Å². The van der Waals surface area contributed by atoms with Crippen molar-refractivity contribution in [2.75, 3.05) is 66.1 Å². The van der Waals surface area contributed by atoms with Crippen LogP contribution in [-0.4, -0.2) is 99.5 Å². The highest BCUT2D eigenvalue weighted by molar-refractivity contribution is 7.89. The molecule has 0 aromatic heterocycles. The number of carbonyl (C=O) groups is 1. The minimum atomic E-state index is -4.00. The van der Waals surface area contributed by atoms with E-state index in [0.717, 1.165) is 6.07 Å². The summed E-state index contributed by atoms with van der Waals surface area (Å²) in [4.78, 5) is 26.3. The molecule has 1 aromatic rings. The molecule has 0 unspecified atom stereocenters. The van der Waals surface area contributed by atoms with Crippen LogP contribution >= 0.6 is 0 Å². The van der Waals surface area contributed by atoms with Gasteiger partial charge in [-0.3, -0.25) is 19.8 Å². The number of nitrogens with zero attached hydrogens (tertiary/aromatic N) is 4. The number of nitro benzene ring substituents is 1. The van der Waals surface area contributed by atoms with Crippen molar-refractivity contribution in [3.63, 3.8) is 0 Å². The predicted molar refractivity (Wildman–Crippen MR) is 102 cm³/mol. The summed E-state index contributed by atoms with van der Waals surface area (Å²) < 4.78 is 37.7. The van der Waals surface area contributed by atoms with E-state index in [-0.39, 0.29) is 55.0 Å². The molecule has 0 saturated carbocycles. The summed E-state index contributed by atoms with van der Waals surface area (Å²) in [6.07, 6.45) is 0. The van der Waals surface area contributed by atoms with Crippen molar-refractivity contribution in [1.29, 1.82) is 0 Å². The summed E-state index contributed by atoms with van der Waals surface area (Å²) >= 11 is 0. The molecule has 29 heavy (non-hydrogen) atoms. The molecular weight excluding hydrogens is 404 g/mol. The van der Waals surface area contributed by atoms with Gasteiger partial charge in [0.2, 0.25) is 15.9 Å². The van der Waals surface area contributed by atoms with E-state index >= 15 is 0 Å². The summed E-state index contributed by atoms with van der Waals surface area (Å²) in [7, 11) is -2.69. The van der Waals surface area contributed by atoms with Crippen LogP contribution in [0.1, 0.15) is 0 Å². The van der Waals surface area contributed by atoms with Gasteiger partial charge in [-0.05, 0) is 6.07 Å². The number of amides is 1. The average Bonchev–Trinajstić information content (AvgIpc) is 2.74. The van der Waals surface area contributed by atoms with Crippen LogP contribution in [0.25, 0.3) is 0 Å². The first-order valence-electron chi connectivity index (χ1n) is 9.23. The molecule has 0 atom stereocenters. The van der Waals surface area contributed by atoms with Gasteiger partial charge in [0.05, 0.1) is 31.8 Å². The maximum atomic E-state index is 13.0. The first kappa shape index (κ1) is 21.4. The molecule has 2 aliphatic rings. The Morgan fingerprint density at radius 1 is 1.17 bits per heavy atom.